The number of halogens is 1. The summed E-state index contributed by atoms with van der Waals surface area (Å²) >= 11 is 0. The molecule has 0 aliphatic carbocycles. The van der Waals surface area contributed by atoms with Gasteiger partial charge in [-0.3, -0.25) is 19.2 Å². The van der Waals surface area contributed by atoms with Crippen LogP contribution < -0.4 is 20.5 Å². The van der Waals surface area contributed by atoms with E-state index in [-0.39, 0.29) is 29.2 Å². The maximum absolute atomic E-state index is 13.9. The number of carbonyl (C=O) groups is 3. The molecule has 1 unspecified atom stereocenters. The maximum Gasteiger partial charge on any atom is 0.280 e. The van der Waals surface area contributed by atoms with E-state index in [1.807, 2.05) is 6.92 Å². The van der Waals surface area contributed by atoms with Gasteiger partial charge in [-0.1, -0.05) is 6.07 Å². The summed E-state index contributed by atoms with van der Waals surface area (Å²) in [5.41, 5.74) is -0.381. The predicted octanol–water partition coefficient (Wildman–Crippen LogP) is 0.957. The molecule has 184 valence electrons. The Labute approximate surface area is 200 Å². The lowest BCUT2D eigenvalue weighted by atomic mass is 10.1. The fraction of sp³-hybridized carbons (Fsp3) is 0.458. The maximum atomic E-state index is 13.9. The molecule has 5 rings (SSSR count). The number of Topliss-reactive ketones (excluding diaryl/α,β-unsaturated/α-hetero) is 1. The van der Waals surface area contributed by atoms with Gasteiger partial charge in [0.1, 0.15) is 17.1 Å². The Morgan fingerprint density at radius 3 is 2.77 bits per heavy atom. The van der Waals surface area contributed by atoms with Crippen LogP contribution in [0.25, 0.3) is 0 Å². The van der Waals surface area contributed by atoms with Crippen molar-refractivity contribution in [3.63, 3.8) is 0 Å². The molecule has 4 heterocycles. The minimum Gasteiger partial charge on any atom is -0.493 e. The molecule has 2 bridgehead atoms. The van der Waals surface area contributed by atoms with Gasteiger partial charge in [0.05, 0.1) is 18.8 Å². The smallest absolute Gasteiger partial charge is 0.280 e. The van der Waals surface area contributed by atoms with Crippen molar-refractivity contribution in [2.75, 3.05) is 37.7 Å². The van der Waals surface area contributed by atoms with Crippen LogP contribution in [0.5, 0.6) is 5.75 Å². The molecule has 0 spiro atoms. The Hall–Kier alpha value is -3.76. The van der Waals surface area contributed by atoms with Crippen LogP contribution in [0, 0.1) is 5.82 Å². The third-order valence-corrected chi connectivity index (χ3v) is 6.69. The van der Waals surface area contributed by atoms with E-state index in [4.69, 9.17) is 4.74 Å². The lowest BCUT2D eigenvalue weighted by molar-refractivity contribution is -0.132. The van der Waals surface area contributed by atoms with Crippen molar-refractivity contribution >= 4 is 23.3 Å². The van der Waals surface area contributed by atoms with Crippen molar-refractivity contribution in [2.24, 2.45) is 0 Å². The number of ether oxygens (including phenoxy) is 1. The molecule has 11 heteroatoms. The number of carbonyl (C=O) groups excluding carboxylic acids is 3. The van der Waals surface area contributed by atoms with Crippen LogP contribution >= 0.6 is 0 Å². The second-order valence-electron chi connectivity index (χ2n) is 8.83. The van der Waals surface area contributed by atoms with Crippen molar-refractivity contribution in [3.8, 4) is 5.75 Å². The third kappa shape index (κ3) is 3.94. The topological polar surface area (TPSA) is 114 Å². The summed E-state index contributed by atoms with van der Waals surface area (Å²) in [7, 11) is 0. The Balaban J connectivity index is 1.66. The van der Waals surface area contributed by atoms with Gasteiger partial charge in [0, 0.05) is 37.8 Å². The molecule has 1 saturated heterocycles. The molecule has 0 radical (unpaired) electrons. The third-order valence-electron chi connectivity index (χ3n) is 6.69. The van der Waals surface area contributed by atoms with Gasteiger partial charge in [-0.15, -0.1) is 0 Å². The first kappa shape index (κ1) is 23.0. The molecule has 3 aliphatic heterocycles. The normalized spacial score (nSPS) is 20.4. The highest BCUT2D eigenvalue weighted by Gasteiger charge is 2.50. The largest absolute Gasteiger partial charge is 0.493 e. The quantitative estimate of drug-likeness (QED) is 0.601. The number of hydrogen-bond acceptors (Lipinski definition) is 7. The molecule has 2 aromatic rings. The van der Waals surface area contributed by atoms with Crippen molar-refractivity contribution in [1.29, 1.82) is 0 Å². The van der Waals surface area contributed by atoms with E-state index in [2.05, 4.69) is 10.4 Å². The fourth-order valence-corrected chi connectivity index (χ4v) is 4.87. The van der Waals surface area contributed by atoms with Crippen molar-refractivity contribution in [2.45, 2.75) is 38.8 Å². The summed E-state index contributed by atoms with van der Waals surface area (Å²) in [5.74, 6) is -1.74. The molecule has 1 aromatic heterocycles. The van der Waals surface area contributed by atoms with Gasteiger partial charge in [0.2, 0.25) is 5.78 Å². The molecule has 1 atom stereocenters. The molecule has 0 saturated carbocycles. The SMILES string of the molecule is CCN1CCN2c3c4nn(c(=O)c3C(=O)C2C1=O)Cc1ccc(F)cc1OCCCCCNC4=O. The molecule has 1 aromatic carbocycles. The van der Waals surface area contributed by atoms with Crippen LogP contribution in [-0.4, -0.2) is 71.1 Å². The standard InChI is InChI=1S/C24H26FN5O5/c1-2-28-9-10-29-19-17(21(31)20(29)24(28)34)23(33)30-13-14-6-7-15(25)12-16(14)35-11-5-3-4-8-26-22(32)18(19)27-30/h6-7,12,20H,2-5,8-11,13H2,1H3,(H,26,32). The zero-order valence-electron chi connectivity index (χ0n) is 19.4. The summed E-state index contributed by atoms with van der Waals surface area (Å²) < 4.78 is 20.7. The second-order valence-corrected chi connectivity index (χ2v) is 8.83. The van der Waals surface area contributed by atoms with Crippen LogP contribution in [-0.2, 0) is 11.3 Å². The Kier molecular flexibility index (Phi) is 6.00. The molecule has 2 amide bonds. The fourth-order valence-electron chi connectivity index (χ4n) is 4.87. The number of piperazine rings is 1. The van der Waals surface area contributed by atoms with E-state index in [1.165, 1.54) is 23.1 Å². The first-order valence-electron chi connectivity index (χ1n) is 11.8. The lowest BCUT2D eigenvalue weighted by Crippen LogP contribution is -2.57. The minimum absolute atomic E-state index is 0.0742. The zero-order chi connectivity index (χ0) is 24.7. The Bertz CT molecular complexity index is 1280. The number of benzene rings is 1. The molecule has 10 nitrogen and oxygen atoms in total. The summed E-state index contributed by atoms with van der Waals surface area (Å²) in [4.78, 5) is 56.2. The number of anilines is 1. The number of likely N-dealkylation sites (N-methyl/N-ethyl adjacent to an activating group) is 1. The lowest BCUT2D eigenvalue weighted by Gasteiger charge is -2.37. The number of ketones is 1. The number of hydrogen-bond donors (Lipinski definition) is 1. The van der Waals surface area contributed by atoms with Gasteiger partial charge in [-0.25, -0.2) is 9.07 Å². The highest BCUT2D eigenvalue weighted by molar-refractivity contribution is 6.24. The van der Waals surface area contributed by atoms with E-state index in [9.17, 15) is 23.6 Å². The number of fused-ring (bicyclic) bond motifs is 7. The summed E-state index contributed by atoms with van der Waals surface area (Å²) in [6.07, 6.45) is 2.18. The second kappa shape index (κ2) is 9.12. The van der Waals surface area contributed by atoms with Crippen LogP contribution in [0.1, 0.15) is 52.6 Å². The summed E-state index contributed by atoms with van der Waals surface area (Å²) in [6, 6.07) is 2.81. The molecular weight excluding hydrogens is 457 g/mol. The number of nitrogens with one attached hydrogen (secondary N) is 1. The van der Waals surface area contributed by atoms with Crippen molar-refractivity contribution in [1.82, 2.24) is 20.0 Å². The molecule has 1 fully saturated rings. The van der Waals surface area contributed by atoms with Gasteiger partial charge in [0.25, 0.3) is 17.4 Å². The average Bonchev–Trinajstić information content (AvgIpc) is 3.14. The van der Waals surface area contributed by atoms with Crippen LogP contribution in [0.2, 0.25) is 0 Å². The van der Waals surface area contributed by atoms with Gasteiger partial charge in [0.15, 0.2) is 11.7 Å². The highest BCUT2D eigenvalue weighted by Crippen LogP contribution is 2.35. The van der Waals surface area contributed by atoms with Gasteiger partial charge in [-0.2, -0.15) is 5.10 Å². The van der Waals surface area contributed by atoms with Crippen LogP contribution in [0.4, 0.5) is 10.1 Å². The first-order chi connectivity index (χ1) is 16.9. The van der Waals surface area contributed by atoms with E-state index in [0.717, 1.165) is 11.1 Å². The Morgan fingerprint density at radius 1 is 1.14 bits per heavy atom. The average molecular weight is 484 g/mol. The van der Waals surface area contributed by atoms with Gasteiger partial charge >= 0.3 is 0 Å². The number of nitrogens with zero attached hydrogens (tertiary/aromatic N) is 4. The Morgan fingerprint density at radius 2 is 1.97 bits per heavy atom. The number of aromatic nitrogens is 2. The van der Waals surface area contributed by atoms with E-state index in [0.29, 0.717) is 51.2 Å². The van der Waals surface area contributed by atoms with E-state index >= 15 is 0 Å². The monoisotopic (exact) mass is 483 g/mol. The van der Waals surface area contributed by atoms with Gasteiger partial charge < -0.3 is 19.9 Å². The van der Waals surface area contributed by atoms with Crippen molar-refractivity contribution in [3.05, 3.63) is 51.2 Å². The predicted molar refractivity (Wildman–Crippen MR) is 123 cm³/mol. The van der Waals surface area contributed by atoms with Crippen molar-refractivity contribution < 1.29 is 23.5 Å². The highest BCUT2D eigenvalue weighted by atomic mass is 19.1. The number of amides is 2. The van der Waals surface area contributed by atoms with Crippen LogP contribution in [0.15, 0.2) is 23.0 Å². The first-order valence-corrected chi connectivity index (χ1v) is 11.8. The summed E-state index contributed by atoms with van der Waals surface area (Å²) in [6.45, 7) is 3.55. The van der Waals surface area contributed by atoms with Gasteiger partial charge in [-0.05, 0) is 32.3 Å². The molecular formula is C24H26FN5O5. The summed E-state index contributed by atoms with van der Waals surface area (Å²) in [5, 5.41) is 7.17. The zero-order valence-corrected chi connectivity index (χ0v) is 19.4. The molecule has 35 heavy (non-hydrogen) atoms. The van der Waals surface area contributed by atoms with Crippen LogP contribution in [0.3, 0.4) is 0 Å². The van der Waals surface area contributed by atoms with E-state index < -0.39 is 35.0 Å². The number of rotatable bonds is 1. The molecule has 3 aliphatic rings. The minimum atomic E-state index is -1.18. The van der Waals surface area contributed by atoms with E-state index in [1.54, 1.807) is 4.90 Å². The molecule has 1 N–H and O–H groups in total.